The second-order valence-electron chi connectivity index (χ2n) is 5.56. The number of hydrogen-bond acceptors (Lipinski definition) is 4. The van der Waals surface area contributed by atoms with E-state index in [1.165, 1.54) is 6.07 Å². The number of benzene rings is 2. The number of hydrogen-bond donors (Lipinski definition) is 1. The predicted octanol–water partition coefficient (Wildman–Crippen LogP) is 2.64. The molecule has 0 spiro atoms. The lowest BCUT2D eigenvalue weighted by molar-refractivity contribution is 0.0952. The maximum atomic E-state index is 13.9. The standard InChI is InChI=1S/C17H17FN4O.ClH/c1-22(2)10-9-19-17(23)11-5-3-7-13-15(11)21-16-12(18)6-4-8-14(16)20-13;/h3-8H,9-10H2,1-2H3,(H,19,23);1H. The van der Waals surface area contributed by atoms with Gasteiger partial charge in [-0.2, -0.15) is 0 Å². The summed E-state index contributed by atoms with van der Waals surface area (Å²) in [6.45, 7) is 1.26. The van der Waals surface area contributed by atoms with E-state index in [0.29, 0.717) is 28.7 Å². The maximum Gasteiger partial charge on any atom is 0.253 e. The highest BCUT2D eigenvalue weighted by Gasteiger charge is 2.13. The van der Waals surface area contributed by atoms with Crippen LogP contribution in [0.15, 0.2) is 36.4 Å². The minimum atomic E-state index is -0.445. The SMILES string of the molecule is CN(C)CCNC(=O)c1cccc2nc3cccc(F)c3nc12.Cl. The second-order valence-corrected chi connectivity index (χ2v) is 5.56. The lowest BCUT2D eigenvalue weighted by atomic mass is 10.1. The first-order chi connectivity index (χ1) is 11.1. The van der Waals surface area contributed by atoms with Gasteiger partial charge in [0.05, 0.1) is 16.6 Å². The summed E-state index contributed by atoms with van der Waals surface area (Å²) < 4.78 is 13.9. The molecule has 2 aromatic carbocycles. The molecule has 0 aliphatic rings. The Balaban J connectivity index is 0.00000208. The van der Waals surface area contributed by atoms with Gasteiger partial charge in [0.1, 0.15) is 11.0 Å². The molecule has 0 fully saturated rings. The molecule has 3 rings (SSSR count). The zero-order valence-corrected chi connectivity index (χ0v) is 14.2. The smallest absolute Gasteiger partial charge is 0.253 e. The number of rotatable bonds is 4. The van der Waals surface area contributed by atoms with E-state index in [4.69, 9.17) is 0 Å². The summed E-state index contributed by atoms with van der Waals surface area (Å²) in [5, 5.41) is 2.84. The summed E-state index contributed by atoms with van der Waals surface area (Å²) in [6, 6.07) is 9.83. The van der Waals surface area contributed by atoms with E-state index < -0.39 is 5.82 Å². The molecular formula is C17H18ClFN4O. The van der Waals surface area contributed by atoms with E-state index in [1.807, 2.05) is 19.0 Å². The van der Waals surface area contributed by atoms with Gasteiger partial charge in [-0.05, 0) is 38.4 Å². The molecule has 7 heteroatoms. The van der Waals surface area contributed by atoms with Gasteiger partial charge in [-0.3, -0.25) is 4.79 Å². The molecule has 0 unspecified atom stereocenters. The van der Waals surface area contributed by atoms with E-state index in [0.717, 1.165) is 6.54 Å². The van der Waals surface area contributed by atoms with E-state index in [2.05, 4.69) is 15.3 Å². The Bertz CT molecular complexity index is 885. The van der Waals surface area contributed by atoms with Crippen LogP contribution in [0, 0.1) is 5.82 Å². The fourth-order valence-corrected chi connectivity index (χ4v) is 2.36. The van der Waals surface area contributed by atoms with Gasteiger partial charge < -0.3 is 10.2 Å². The lowest BCUT2D eigenvalue weighted by Crippen LogP contribution is -2.31. The van der Waals surface area contributed by atoms with Crippen molar-refractivity contribution < 1.29 is 9.18 Å². The Hall–Kier alpha value is -2.31. The number of fused-ring (bicyclic) bond motifs is 2. The van der Waals surface area contributed by atoms with Gasteiger partial charge in [-0.15, -0.1) is 12.4 Å². The fourth-order valence-electron chi connectivity index (χ4n) is 2.36. The number of amides is 1. The zero-order valence-electron chi connectivity index (χ0n) is 13.4. The molecule has 0 aliphatic carbocycles. The summed E-state index contributed by atoms with van der Waals surface area (Å²) in [4.78, 5) is 23.1. The normalized spacial score (nSPS) is 10.8. The Morgan fingerprint density at radius 3 is 2.46 bits per heavy atom. The minimum absolute atomic E-state index is 0. The van der Waals surface area contributed by atoms with Crippen LogP contribution in [0.4, 0.5) is 4.39 Å². The molecule has 5 nitrogen and oxygen atoms in total. The van der Waals surface area contributed by atoms with Crippen LogP contribution in [0.5, 0.6) is 0 Å². The number of nitrogens with one attached hydrogen (secondary N) is 1. The number of aromatic nitrogens is 2. The van der Waals surface area contributed by atoms with E-state index in [-0.39, 0.29) is 23.8 Å². The van der Waals surface area contributed by atoms with Crippen molar-refractivity contribution in [1.29, 1.82) is 0 Å². The quantitative estimate of drug-likeness (QED) is 0.736. The topological polar surface area (TPSA) is 58.1 Å². The Labute approximate surface area is 145 Å². The summed E-state index contributed by atoms with van der Waals surface area (Å²) in [5.74, 6) is -0.679. The summed E-state index contributed by atoms with van der Waals surface area (Å²) >= 11 is 0. The van der Waals surface area contributed by atoms with Gasteiger partial charge in [0.25, 0.3) is 5.91 Å². The lowest BCUT2D eigenvalue weighted by Gasteiger charge is -2.11. The molecule has 1 amide bonds. The van der Waals surface area contributed by atoms with Gasteiger partial charge in [0, 0.05) is 13.1 Å². The zero-order chi connectivity index (χ0) is 16.4. The molecule has 1 N–H and O–H groups in total. The van der Waals surface area contributed by atoms with Crippen LogP contribution in [0.2, 0.25) is 0 Å². The first-order valence-corrected chi connectivity index (χ1v) is 7.34. The van der Waals surface area contributed by atoms with Crippen molar-refractivity contribution in [3.63, 3.8) is 0 Å². The van der Waals surface area contributed by atoms with Crippen molar-refractivity contribution in [3.8, 4) is 0 Å². The van der Waals surface area contributed by atoms with Crippen molar-refractivity contribution in [2.45, 2.75) is 0 Å². The third-order valence-electron chi connectivity index (χ3n) is 3.53. The fraction of sp³-hybridized carbons (Fsp3) is 0.235. The molecule has 1 heterocycles. The van der Waals surface area contributed by atoms with Gasteiger partial charge in [0.15, 0.2) is 5.82 Å². The van der Waals surface area contributed by atoms with Gasteiger partial charge >= 0.3 is 0 Å². The molecule has 0 atom stereocenters. The Morgan fingerprint density at radius 1 is 1.08 bits per heavy atom. The van der Waals surface area contributed by atoms with Gasteiger partial charge in [0.2, 0.25) is 0 Å². The monoisotopic (exact) mass is 348 g/mol. The van der Waals surface area contributed by atoms with E-state index in [1.54, 1.807) is 30.3 Å². The highest BCUT2D eigenvalue weighted by Crippen LogP contribution is 2.21. The summed E-state index contributed by atoms with van der Waals surface area (Å²) in [5.41, 5.74) is 2.03. The molecule has 3 aromatic rings. The number of nitrogens with zero attached hydrogens (tertiary/aromatic N) is 3. The van der Waals surface area contributed by atoms with Crippen LogP contribution < -0.4 is 5.32 Å². The van der Waals surface area contributed by atoms with Crippen LogP contribution in [0.25, 0.3) is 22.1 Å². The van der Waals surface area contributed by atoms with Gasteiger partial charge in [-0.1, -0.05) is 12.1 Å². The largest absolute Gasteiger partial charge is 0.351 e. The highest BCUT2D eigenvalue weighted by atomic mass is 35.5. The molecule has 0 aliphatic heterocycles. The number of halogens is 2. The summed E-state index contributed by atoms with van der Waals surface area (Å²) in [7, 11) is 3.87. The third kappa shape index (κ3) is 3.60. The first-order valence-electron chi connectivity index (χ1n) is 7.34. The van der Waals surface area contributed by atoms with E-state index >= 15 is 0 Å². The van der Waals surface area contributed by atoms with Crippen LogP contribution in [-0.2, 0) is 0 Å². The van der Waals surface area contributed by atoms with Crippen molar-refractivity contribution in [1.82, 2.24) is 20.2 Å². The predicted molar refractivity (Wildman–Crippen MR) is 95.1 cm³/mol. The van der Waals surface area contributed by atoms with Crippen molar-refractivity contribution in [3.05, 3.63) is 47.8 Å². The van der Waals surface area contributed by atoms with E-state index in [9.17, 15) is 9.18 Å². The average molecular weight is 349 g/mol. The Morgan fingerprint density at radius 2 is 1.75 bits per heavy atom. The molecule has 126 valence electrons. The number of likely N-dealkylation sites (N-methyl/N-ethyl adjacent to an activating group) is 1. The molecule has 1 aromatic heterocycles. The molecule has 0 saturated heterocycles. The first kappa shape index (κ1) is 18.0. The van der Waals surface area contributed by atoms with Crippen LogP contribution in [-0.4, -0.2) is 48.0 Å². The number of para-hydroxylation sites is 2. The molecular weight excluding hydrogens is 331 g/mol. The van der Waals surface area contributed by atoms with Crippen LogP contribution >= 0.6 is 12.4 Å². The Kier molecular flexibility index (Phi) is 5.64. The third-order valence-corrected chi connectivity index (χ3v) is 3.53. The van der Waals surface area contributed by atoms with Crippen LogP contribution in [0.1, 0.15) is 10.4 Å². The molecule has 0 saturated carbocycles. The molecule has 24 heavy (non-hydrogen) atoms. The second kappa shape index (κ2) is 7.51. The van der Waals surface area contributed by atoms with Crippen LogP contribution in [0.3, 0.4) is 0 Å². The molecule has 0 radical (unpaired) electrons. The number of carbonyl (C=O) groups excluding carboxylic acids is 1. The van der Waals surface area contributed by atoms with Gasteiger partial charge in [-0.25, -0.2) is 14.4 Å². The molecule has 0 bridgehead atoms. The van der Waals surface area contributed by atoms with Crippen molar-refractivity contribution in [2.75, 3.05) is 27.2 Å². The van der Waals surface area contributed by atoms with Crippen molar-refractivity contribution in [2.24, 2.45) is 0 Å². The minimum Gasteiger partial charge on any atom is -0.351 e. The highest BCUT2D eigenvalue weighted by molar-refractivity contribution is 6.06. The van der Waals surface area contributed by atoms with Crippen molar-refractivity contribution >= 4 is 40.4 Å². The summed E-state index contributed by atoms with van der Waals surface area (Å²) in [6.07, 6.45) is 0. The number of carbonyl (C=O) groups is 1. The average Bonchev–Trinajstić information content (AvgIpc) is 2.52. The maximum absolute atomic E-state index is 13.9.